The molecule has 1 fully saturated rings. The zero-order chi connectivity index (χ0) is 27.6. The van der Waals surface area contributed by atoms with Crippen LogP contribution in [0.25, 0.3) is 0 Å². The maximum atomic E-state index is 12.6. The second-order valence-electron chi connectivity index (χ2n) is 12.5. The Balaban J connectivity index is 2.47. The van der Waals surface area contributed by atoms with Gasteiger partial charge >= 0.3 is 5.69 Å². The van der Waals surface area contributed by atoms with Crippen LogP contribution in [0.3, 0.4) is 0 Å². The highest BCUT2D eigenvalue weighted by molar-refractivity contribution is 6.78. The van der Waals surface area contributed by atoms with Crippen LogP contribution in [0.15, 0.2) is 21.9 Å². The monoisotopic (exact) mass is 540 g/mol. The van der Waals surface area contributed by atoms with Gasteiger partial charge in [-0.1, -0.05) is 83.1 Å². The zero-order valence-electron chi connectivity index (χ0n) is 24.8. The van der Waals surface area contributed by atoms with E-state index < -0.39 is 34.1 Å². The van der Waals surface area contributed by atoms with Crippen LogP contribution in [-0.2, 0) is 13.6 Å². The van der Waals surface area contributed by atoms with Crippen LogP contribution in [-0.4, -0.2) is 45.0 Å². The van der Waals surface area contributed by atoms with Gasteiger partial charge in [-0.15, -0.1) is 0 Å². The van der Waals surface area contributed by atoms with Crippen LogP contribution >= 0.6 is 0 Å². The van der Waals surface area contributed by atoms with Crippen LogP contribution in [0.4, 0.5) is 0 Å². The van der Waals surface area contributed by atoms with Gasteiger partial charge in [-0.05, 0) is 33.2 Å². The van der Waals surface area contributed by atoms with Crippen molar-refractivity contribution in [2.45, 2.75) is 141 Å². The van der Waals surface area contributed by atoms with Crippen molar-refractivity contribution in [2.75, 3.05) is 6.61 Å². The number of H-pyrrole nitrogens is 1. The molecule has 0 unspecified atom stereocenters. The maximum Gasteiger partial charge on any atom is 0.330 e. The van der Waals surface area contributed by atoms with Gasteiger partial charge in [0.1, 0.15) is 12.3 Å². The van der Waals surface area contributed by atoms with E-state index in [2.05, 4.69) is 88.1 Å². The molecule has 0 aliphatic carbocycles. The Morgan fingerprint density at radius 2 is 1.33 bits per heavy atom. The Bertz CT molecular complexity index is 910. The summed E-state index contributed by atoms with van der Waals surface area (Å²) < 4.78 is 22.2. The summed E-state index contributed by atoms with van der Waals surface area (Å²) in [6, 6.07) is 1.37. The minimum atomic E-state index is -2.20. The fourth-order valence-corrected chi connectivity index (χ4v) is 18.2. The first kappa shape index (κ1) is 31.2. The van der Waals surface area contributed by atoms with Gasteiger partial charge in [0.05, 0.1) is 12.7 Å². The molecule has 9 heteroatoms. The summed E-state index contributed by atoms with van der Waals surface area (Å²) in [6.07, 6.45) is 1.13. The van der Waals surface area contributed by atoms with Gasteiger partial charge in [0.15, 0.2) is 8.32 Å². The number of aromatic nitrogens is 2. The van der Waals surface area contributed by atoms with Gasteiger partial charge in [0.2, 0.25) is 8.32 Å². The molecule has 2 rings (SSSR count). The lowest BCUT2D eigenvalue weighted by Crippen LogP contribution is -2.53. The summed E-state index contributed by atoms with van der Waals surface area (Å²) in [5, 5.41) is 0. The van der Waals surface area contributed by atoms with E-state index in [-0.39, 0.29) is 12.2 Å². The number of aromatic amines is 1. The Hall–Kier alpha value is -1.01. The standard InChI is InChI=1S/C27H52N2O5Si2/c1-17(2)35(18(3)4,19(5)6)32-16-24-23(34-36(20(7)8,21(9)10)22(11)12)15-26(33-24)29-14-13-25(30)28-27(29)31/h13-14,17-24,26H,15-16H2,1-12H3,(H,28,30,31)/t23-,24+,26+/m0/s1. The van der Waals surface area contributed by atoms with Gasteiger partial charge in [0, 0.05) is 18.7 Å². The van der Waals surface area contributed by atoms with Crippen molar-refractivity contribution < 1.29 is 13.6 Å². The van der Waals surface area contributed by atoms with Crippen LogP contribution in [0.5, 0.6) is 0 Å². The molecular formula is C27H52N2O5Si2. The third-order valence-corrected chi connectivity index (χ3v) is 20.8. The second kappa shape index (κ2) is 12.2. The van der Waals surface area contributed by atoms with Crippen molar-refractivity contribution in [1.82, 2.24) is 9.55 Å². The van der Waals surface area contributed by atoms with Gasteiger partial charge < -0.3 is 13.6 Å². The number of hydrogen-bond acceptors (Lipinski definition) is 5. The SMILES string of the molecule is CC(C)[Si](OC[C@H]1O[C@@H](n2ccc(=O)[nH]c2=O)C[C@@H]1O[Si](C(C)C)(C(C)C)C(C)C)(C(C)C)C(C)C. The van der Waals surface area contributed by atoms with Gasteiger partial charge in [-0.2, -0.15) is 0 Å². The van der Waals surface area contributed by atoms with Crippen LogP contribution in [0.1, 0.15) is 95.7 Å². The topological polar surface area (TPSA) is 82.5 Å². The molecule has 2 heterocycles. The van der Waals surface area contributed by atoms with E-state index >= 15 is 0 Å². The average Bonchev–Trinajstić information content (AvgIpc) is 3.13. The molecular weight excluding hydrogens is 488 g/mol. The fraction of sp³-hybridized carbons (Fsp3) is 0.852. The Morgan fingerprint density at radius 1 is 0.861 bits per heavy atom. The molecule has 3 atom stereocenters. The van der Waals surface area contributed by atoms with Crippen molar-refractivity contribution in [2.24, 2.45) is 0 Å². The molecule has 7 nitrogen and oxygen atoms in total. The molecule has 1 aliphatic rings. The van der Waals surface area contributed by atoms with E-state index in [1.807, 2.05) is 0 Å². The summed E-state index contributed by atoms with van der Waals surface area (Å²) in [4.78, 5) is 26.6. The maximum absolute atomic E-state index is 12.6. The lowest BCUT2D eigenvalue weighted by Gasteiger charge is -2.45. The smallest absolute Gasteiger partial charge is 0.330 e. The molecule has 1 N–H and O–H groups in total. The van der Waals surface area contributed by atoms with Crippen LogP contribution in [0, 0.1) is 0 Å². The van der Waals surface area contributed by atoms with Crippen molar-refractivity contribution >= 4 is 16.6 Å². The average molecular weight is 541 g/mol. The minimum Gasteiger partial charge on any atom is -0.413 e. The van der Waals surface area contributed by atoms with Crippen LogP contribution in [0.2, 0.25) is 33.2 Å². The Labute approximate surface area is 220 Å². The van der Waals surface area contributed by atoms with E-state index in [9.17, 15) is 9.59 Å². The molecule has 0 spiro atoms. The lowest BCUT2D eigenvalue weighted by atomic mass is 10.2. The lowest BCUT2D eigenvalue weighted by molar-refractivity contribution is -0.0423. The summed E-state index contributed by atoms with van der Waals surface area (Å²) in [6.45, 7) is 27.9. The molecule has 1 saturated heterocycles. The molecule has 208 valence electrons. The van der Waals surface area contributed by atoms with E-state index in [4.69, 9.17) is 13.6 Å². The summed E-state index contributed by atoms with van der Waals surface area (Å²) in [5.41, 5.74) is 1.83. The van der Waals surface area contributed by atoms with E-state index in [0.717, 1.165) is 0 Å². The van der Waals surface area contributed by atoms with Crippen LogP contribution < -0.4 is 11.2 Å². The zero-order valence-corrected chi connectivity index (χ0v) is 26.8. The highest BCUT2D eigenvalue weighted by Gasteiger charge is 2.51. The van der Waals surface area contributed by atoms with E-state index in [1.165, 1.54) is 16.8 Å². The molecule has 1 aromatic heterocycles. The van der Waals surface area contributed by atoms with E-state index in [0.29, 0.717) is 46.3 Å². The van der Waals surface area contributed by atoms with Gasteiger partial charge in [-0.25, -0.2) is 4.79 Å². The third kappa shape index (κ3) is 6.00. The Morgan fingerprint density at radius 3 is 1.75 bits per heavy atom. The molecule has 1 aliphatic heterocycles. The second-order valence-corrected chi connectivity index (χ2v) is 23.4. The molecule has 36 heavy (non-hydrogen) atoms. The first-order valence-electron chi connectivity index (χ1n) is 13.9. The minimum absolute atomic E-state index is 0.175. The van der Waals surface area contributed by atoms with Crippen molar-refractivity contribution in [3.05, 3.63) is 33.1 Å². The first-order valence-corrected chi connectivity index (χ1v) is 18.2. The highest BCUT2D eigenvalue weighted by atomic mass is 28.4. The highest BCUT2D eigenvalue weighted by Crippen LogP contribution is 2.47. The Kier molecular flexibility index (Phi) is 10.6. The number of ether oxygens (including phenoxy) is 1. The number of hydrogen-bond donors (Lipinski definition) is 1. The normalized spacial score (nSPS) is 21.8. The molecule has 0 bridgehead atoms. The van der Waals surface area contributed by atoms with Crippen molar-refractivity contribution in [3.63, 3.8) is 0 Å². The molecule has 0 saturated carbocycles. The van der Waals surface area contributed by atoms with Crippen molar-refractivity contribution in [1.29, 1.82) is 0 Å². The quantitative estimate of drug-likeness (QED) is 0.303. The predicted octanol–water partition coefficient (Wildman–Crippen LogP) is 6.58. The molecule has 0 aromatic carbocycles. The number of nitrogens with one attached hydrogen (secondary N) is 1. The molecule has 1 aromatic rings. The van der Waals surface area contributed by atoms with E-state index in [1.54, 1.807) is 0 Å². The number of rotatable bonds is 12. The fourth-order valence-electron chi connectivity index (χ4n) is 7.20. The van der Waals surface area contributed by atoms with Crippen molar-refractivity contribution in [3.8, 4) is 0 Å². The van der Waals surface area contributed by atoms with Gasteiger partial charge in [-0.3, -0.25) is 14.3 Å². The summed E-state index contributed by atoms with van der Waals surface area (Å²) >= 11 is 0. The summed E-state index contributed by atoms with van der Waals surface area (Å²) in [5.74, 6) is 0. The first-order chi connectivity index (χ1) is 16.6. The number of nitrogens with zero attached hydrogens (tertiary/aromatic N) is 1. The molecule has 0 radical (unpaired) electrons. The van der Waals surface area contributed by atoms with Gasteiger partial charge in [0.25, 0.3) is 5.56 Å². The largest absolute Gasteiger partial charge is 0.413 e. The molecule has 0 amide bonds. The summed E-state index contributed by atoms with van der Waals surface area (Å²) in [7, 11) is -4.31. The third-order valence-electron chi connectivity index (χ3n) is 8.61. The predicted molar refractivity (Wildman–Crippen MR) is 153 cm³/mol.